The summed E-state index contributed by atoms with van der Waals surface area (Å²) in [5.41, 5.74) is 9.79. The minimum absolute atomic E-state index is 0.262. The van der Waals surface area contributed by atoms with Gasteiger partial charge in [-0.15, -0.1) is 0 Å². The molecule has 0 bridgehead atoms. The van der Waals surface area contributed by atoms with Crippen LogP contribution in [0.5, 0.6) is 0 Å². The second-order valence-corrected chi connectivity index (χ2v) is 5.59. The number of nitrogens with zero attached hydrogens (tertiary/aromatic N) is 1. The molecule has 2 aromatic carbocycles. The topological polar surface area (TPSA) is 50.9 Å². The van der Waals surface area contributed by atoms with E-state index in [-0.39, 0.29) is 5.11 Å². The summed E-state index contributed by atoms with van der Waals surface area (Å²) in [6.45, 7) is 0. The lowest BCUT2D eigenvalue weighted by Crippen LogP contribution is -2.20. The smallest absolute Gasteiger partial charge is 0.168 e. The molecule has 0 radical (unpaired) electrons. The van der Waals surface area contributed by atoms with E-state index >= 15 is 0 Å². The van der Waals surface area contributed by atoms with Crippen molar-refractivity contribution in [3.05, 3.63) is 71.9 Å². The fourth-order valence-electron chi connectivity index (χ4n) is 2.49. The maximum atomic E-state index is 5.64. The number of aryl methyl sites for hydroxylation is 2. The number of para-hydroxylation sites is 1. The number of rotatable bonds is 4. The predicted octanol–water partition coefficient (Wildman–Crippen LogP) is 3.68. The van der Waals surface area contributed by atoms with Gasteiger partial charge in [0.25, 0.3) is 0 Å². The summed E-state index contributed by atoms with van der Waals surface area (Å²) in [7, 11) is 0. The molecule has 3 N–H and O–H groups in total. The normalized spacial score (nSPS) is 10.5. The van der Waals surface area contributed by atoms with Crippen molar-refractivity contribution >= 4 is 33.9 Å². The molecule has 3 rings (SSSR count). The highest BCUT2D eigenvalue weighted by molar-refractivity contribution is 7.80. The molecular weight excluding hydrogens is 290 g/mol. The van der Waals surface area contributed by atoms with Crippen LogP contribution in [0, 0.1) is 0 Å². The van der Waals surface area contributed by atoms with Crippen molar-refractivity contribution < 1.29 is 0 Å². The number of hydrogen-bond donors (Lipinski definition) is 2. The zero-order chi connectivity index (χ0) is 15.4. The first-order valence-corrected chi connectivity index (χ1v) is 7.62. The van der Waals surface area contributed by atoms with Crippen LogP contribution in [0.2, 0.25) is 0 Å². The van der Waals surface area contributed by atoms with Crippen LogP contribution in [0.3, 0.4) is 0 Å². The van der Waals surface area contributed by atoms with Crippen LogP contribution in [0.15, 0.2) is 60.7 Å². The molecule has 0 aliphatic carbocycles. The summed E-state index contributed by atoms with van der Waals surface area (Å²) in [5, 5.41) is 4.38. The van der Waals surface area contributed by atoms with E-state index in [1.54, 1.807) is 0 Å². The highest BCUT2D eigenvalue weighted by Gasteiger charge is 2.08. The van der Waals surface area contributed by atoms with Crippen molar-refractivity contribution in [1.82, 2.24) is 4.98 Å². The largest absolute Gasteiger partial charge is 0.376 e. The zero-order valence-corrected chi connectivity index (χ0v) is 12.9. The van der Waals surface area contributed by atoms with Gasteiger partial charge < -0.3 is 11.1 Å². The van der Waals surface area contributed by atoms with E-state index in [2.05, 4.69) is 35.6 Å². The van der Waals surface area contributed by atoms with Gasteiger partial charge in [0.15, 0.2) is 5.11 Å². The molecule has 0 unspecified atom stereocenters. The van der Waals surface area contributed by atoms with Gasteiger partial charge in [-0.25, -0.2) is 0 Å². The standard InChI is InChI=1S/C18H17N3S/c19-18(22)21-17-12-14-8-4-5-9-15(14)20-16(17)11-10-13-6-2-1-3-7-13/h1-9,12H,10-11H2,(H3,19,21,22). The van der Waals surface area contributed by atoms with Crippen molar-refractivity contribution in [2.24, 2.45) is 5.73 Å². The lowest BCUT2D eigenvalue weighted by molar-refractivity contribution is 0.925. The summed E-state index contributed by atoms with van der Waals surface area (Å²) < 4.78 is 0. The minimum atomic E-state index is 0.262. The third-order valence-electron chi connectivity index (χ3n) is 3.55. The third kappa shape index (κ3) is 3.40. The van der Waals surface area contributed by atoms with E-state index in [9.17, 15) is 0 Å². The molecular formula is C18H17N3S. The average molecular weight is 307 g/mol. The van der Waals surface area contributed by atoms with Crippen LogP contribution >= 0.6 is 12.2 Å². The van der Waals surface area contributed by atoms with Gasteiger partial charge in [0, 0.05) is 5.39 Å². The quantitative estimate of drug-likeness (QED) is 0.722. The first kappa shape index (κ1) is 14.5. The first-order valence-electron chi connectivity index (χ1n) is 7.21. The van der Waals surface area contributed by atoms with Gasteiger partial charge >= 0.3 is 0 Å². The van der Waals surface area contributed by atoms with E-state index < -0.39 is 0 Å². The maximum absolute atomic E-state index is 5.64. The van der Waals surface area contributed by atoms with E-state index in [0.29, 0.717) is 0 Å². The number of aromatic nitrogens is 1. The molecule has 3 aromatic rings. The van der Waals surface area contributed by atoms with Gasteiger partial charge in [0.1, 0.15) is 0 Å². The van der Waals surface area contributed by atoms with Gasteiger partial charge in [-0.1, -0.05) is 48.5 Å². The lowest BCUT2D eigenvalue weighted by Gasteiger charge is -2.12. The van der Waals surface area contributed by atoms with Crippen molar-refractivity contribution in [3.63, 3.8) is 0 Å². The maximum Gasteiger partial charge on any atom is 0.168 e. The number of benzene rings is 2. The number of anilines is 1. The molecule has 0 aliphatic heterocycles. The molecule has 3 nitrogen and oxygen atoms in total. The second-order valence-electron chi connectivity index (χ2n) is 5.15. The first-order chi connectivity index (χ1) is 10.7. The Morgan fingerprint density at radius 1 is 1.00 bits per heavy atom. The molecule has 0 amide bonds. The summed E-state index contributed by atoms with van der Waals surface area (Å²) in [6, 6.07) is 20.5. The molecule has 22 heavy (non-hydrogen) atoms. The van der Waals surface area contributed by atoms with Crippen molar-refractivity contribution in [2.45, 2.75) is 12.8 Å². The van der Waals surface area contributed by atoms with Crippen molar-refractivity contribution in [1.29, 1.82) is 0 Å². The number of hydrogen-bond acceptors (Lipinski definition) is 2. The Morgan fingerprint density at radius 2 is 1.73 bits per heavy atom. The molecule has 1 aromatic heterocycles. The van der Waals surface area contributed by atoms with Gasteiger partial charge in [0.05, 0.1) is 16.9 Å². The summed E-state index contributed by atoms with van der Waals surface area (Å²) in [6.07, 6.45) is 1.76. The Balaban J connectivity index is 1.93. The van der Waals surface area contributed by atoms with Gasteiger partial charge in [-0.2, -0.15) is 0 Å². The van der Waals surface area contributed by atoms with E-state index in [4.69, 9.17) is 22.9 Å². The molecule has 0 spiro atoms. The van der Waals surface area contributed by atoms with Gasteiger partial charge in [-0.3, -0.25) is 4.98 Å². The predicted molar refractivity (Wildman–Crippen MR) is 96.0 cm³/mol. The summed E-state index contributed by atoms with van der Waals surface area (Å²) >= 11 is 4.98. The Kier molecular flexibility index (Phi) is 4.30. The number of pyridine rings is 1. The molecule has 4 heteroatoms. The molecule has 0 aliphatic rings. The molecule has 110 valence electrons. The highest BCUT2D eigenvalue weighted by Crippen LogP contribution is 2.22. The molecule has 0 saturated heterocycles. The molecule has 0 atom stereocenters. The fraction of sp³-hybridized carbons (Fsp3) is 0.111. The van der Waals surface area contributed by atoms with Crippen LogP contribution in [0.1, 0.15) is 11.3 Å². The second kappa shape index (κ2) is 6.54. The Hall–Kier alpha value is -2.46. The fourth-order valence-corrected chi connectivity index (χ4v) is 2.60. The Labute approximate surface area is 135 Å². The number of thiocarbonyl (C=S) groups is 1. The lowest BCUT2D eigenvalue weighted by atomic mass is 10.1. The average Bonchev–Trinajstić information content (AvgIpc) is 2.53. The molecule has 0 saturated carbocycles. The van der Waals surface area contributed by atoms with E-state index in [1.165, 1.54) is 5.56 Å². The number of nitrogens with one attached hydrogen (secondary N) is 1. The monoisotopic (exact) mass is 307 g/mol. The van der Waals surface area contributed by atoms with Gasteiger partial charge in [-0.05, 0) is 42.8 Å². The van der Waals surface area contributed by atoms with Crippen molar-refractivity contribution in [2.75, 3.05) is 5.32 Å². The Bertz CT molecular complexity index is 800. The number of fused-ring (bicyclic) bond motifs is 1. The SMILES string of the molecule is NC(=S)Nc1cc2ccccc2nc1CCc1ccccc1. The van der Waals surface area contributed by atoms with Crippen LogP contribution in [0.4, 0.5) is 5.69 Å². The van der Waals surface area contributed by atoms with Crippen LogP contribution in [-0.2, 0) is 12.8 Å². The highest BCUT2D eigenvalue weighted by atomic mass is 32.1. The van der Waals surface area contributed by atoms with Crippen LogP contribution in [-0.4, -0.2) is 10.1 Å². The third-order valence-corrected chi connectivity index (χ3v) is 3.66. The Morgan fingerprint density at radius 3 is 2.50 bits per heavy atom. The minimum Gasteiger partial charge on any atom is -0.376 e. The van der Waals surface area contributed by atoms with E-state index in [0.717, 1.165) is 35.1 Å². The van der Waals surface area contributed by atoms with Crippen LogP contribution in [0.25, 0.3) is 10.9 Å². The van der Waals surface area contributed by atoms with Gasteiger partial charge in [0.2, 0.25) is 0 Å². The molecule has 0 fully saturated rings. The van der Waals surface area contributed by atoms with Crippen molar-refractivity contribution in [3.8, 4) is 0 Å². The zero-order valence-electron chi connectivity index (χ0n) is 12.1. The summed E-state index contributed by atoms with van der Waals surface area (Å²) in [4.78, 5) is 4.77. The van der Waals surface area contributed by atoms with Crippen LogP contribution < -0.4 is 11.1 Å². The summed E-state index contributed by atoms with van der Waals surface area (Å²) in [5.74, 6) is 0. The van der Waals surface area contributed by atoms with E-state index in [1.807, 2.05) is 30.3 Å². The number of nitrogens with two attached hydrogens (primary N) is 1. The molecule has 1 heterocycles.